The van der Waals surface area contributed by atoms with Gasteiger partial charge in [0.1, 0.15) is 11.3 Å². The van der Waals surface area contributed by atoms with Crippen LogP contribution in [-0.4, -0.2) is 24.7 Å². The number of phenolic OH excluding ortho intramolecular Hbond substituents is 1. The van der Waals surface area contributed by atoms with Crippen molar-refractivity contribution in [2.45, 2.75) is 26.2 Å². The smallest absolute Gasteiger partial charge is 0.227 e. The van der Waals surface area contributed by atoms with Gasteiger partial charge in [-0.1, -0.05) is 13.0 Å². The summed E-state index contributed by atoms with van der Waals surface area (Å²) in [5.41, 5.74) is 2.50. The lowest BCUT2D eigenvalue weighted by molar-refractivity contribution is -0.122. The van der Waals surface area contributed by atoms with E-state index in [0.717, 1.165) is 28.5 Å². The standard InChI is InChI=1S/C21H23NO4/c1-4-9-22-21(24)13(2)14-6-8-18-16(10-14)12-19(26-18)15-5-7-17(23)20(11-15)25-3/h5-8,10-13,23H,4,9H2,1-3H3,(H,22,24). The van der Waals surface area contributed by atoms with Crippen LogP contribution in [0.25, 0.3) is 22.3 Å². The van der Waals surface area contributed by atoms with Crippen LogP contribution in [0.5, 0.6) is 11.5 Å². The largest absolute Gasteiger partial charge is 0.504 e. The molecule has 0 aliphatic rings. The van der Waals surface area contributed by atoms with Crippen molar-refractivity contribution in [1.82, 2.24) is 5.32 Å². The number of hydrogen-bond acceptors (Lipinski definition) is 4. The van der Waals surface area contributed by atoms with Crippen molar-refractivity contribution in [2.24, 2.45) is 0 Å². The Morgan fingerprint density at radius 1 is 1.23 bits per heavy atom. The van der Waals surface area contributed by atoms with Gasteiger partial charge in [-0.05, 0) is 55.3 Å². The first kappa shape index (κ1) is 17.9. The van der Waals surface area contributed by atoms with Crippen molar-refractivity contribution in [3.05, 3.63) is 48.0 Å². The quantitative estimate of drug-likeness (QED) is 0.687. The minimum absolute atomic E-state index is 0.0261. The molecule has 1 unspecified atom stereocenters. The highest BCUT2D eigenvalue weighted by atomic mass is 16.5. The molecule has 26 heavy (non-hydrogen) atoms. The van der Waals surface area contributed by atoms with E-state index in [-0.39, 0.29) is 17.6 Å². The zero-order valence-corrected chi connectivity index (χ0v) is 15.2. The average molecular weight is 353 g/mol. The molecule has 136 valence electrons. The van der Waals surface area contributed by atoms with E-state index < -0.39 is 0 Å². The summed E-state index contributed by atoms with van der Waals surface area (Å²) >= 11 is 0. The first-order valence-electron chi connectivity index (χ1n) is 8.72. The second-order valence-corrected chi connectivity index (χ2v) is 6.31. The Kier molecular flexibility index (Phi) is 5.16. The molecular weight excluding hydrogens is 330 g/mol. The monoisotopic (exact) mass is 353 g/mol. The molecule has 0 spiro atoms. The van der Waals surface area contributed by atoms with Gasteiger partial charge in [-0.2, -0.15) is 0 Å². The van der Waals surface area contributed by atoms with Crippen molar-refractivity contribution >= 4 is 16.9 Å². The van der Waals surface area contributed by atoms with Crippen LogP contribution in [0, 0.1) is 0 Å². The molecule has 2 N–H and O–H groups in total. The molecule has 1 heterocycles. The first-order chi connectivity index (χ1) is 12.5. The molecule has 3 rings (SSSR count). The van der Waals surface area contributed by atoms with Crippen LogP contribution in [0.15, 0.2) is 46.9 Å². The number of phenols is 1. The van der Waals surface area contributed by atoms with Crippen molar-refractivity contribution in [3.63, 3.8) is 0 Å². The maximum absolute atomic E-state index is 12.2. The summed E-state index contributed by atoms with van der Waals surface area (Å²) in [4.78, 5) is 12.2. The van der Waals surface area contributed by atoms with E-state index in [4.69, 9.17) is 9.15 Å². The molecule has 0 fully saturated rings. The van der Waals surface area contributed by atoms with Crippen molar-refractivity contribution in [1.29, 1.82) is 0 Å². The minimum atomic E-state index is -0.224. The molecular formula is C21H23NO4. The lowest BCUT2D eigenvalue weighted by Gasteiger charge is -2.11. The van der Waals surface area contributed by atoms with Crippen LogP contribution in [0.4, 0.5) is 0 Å². The molecule has 1 amide bonds. The van der Waals surface area contributed by atoms with Crippen LogP contribution < -0.4 is 10.1 Å². The second kappa shape index (κ2) is 7.52. The molecule has 0 radical (unpaired) electrons. The van der Waals surface area contributed by atoms with Gasteiger partial charge in [0.05, 0.1) is 13.0 Å². The zero-order chi connectivity index (χ0) is 18.7. The number of fused-ring (bicyclic) bond motifs is 1. The third-order valence-corrected chi connectivity index (χ3v) is 4.45. The van der Waals surface area contributed by atoms with Crippen LogP contribution in [0.3, 0.4) is 0 Å². The Balaban J connectivity index is 1.91. The zero-order valence-electron chi connectivity index (χ0n) is 15.2. The van der Waals surface area contributed by atoms with Crippen LogP contribution in [0.2, 0.25) is 0 Å². The maximum Gasteiger partial charge on any atom is 0.227 e. The number of ether oxygens (including phenoxy) is 1. The number of carbonyl (C=O) groups is 1. The van der Waals surface area contributed by atoms with E-state index in [9.17, 15) is 9.90 Å². The molecule has 0 aliphatic carbocycles. The van der Waals surface area contributed by atoms with E-state index >= 15 is 0 Å². The van der Waals surface area contributed by atoms with Gasteiger partial charge >= 0.3 is 0 Å². The number of nitrogens with one attached hydrogen (secondary N) is 1. The molecule has 5 nitrogen and oxygen atoms in total. The first-order valence-corrected chi connectivity index (χ1v) is 8.72. The van der Waals surface area contributed by atoms with Crippen molar-refractivity contribution in [3.8, 4) is 22.8 Å². The van der Waals surface area contributed by atoms with Gasteiger partial charge in [0.25, 0.3) is 0 Å². The van der Waals surface area contributed by atoms with E-state index in [1.54, 1.807) is 18.2 Å². The molecule has 1 aromatic heterocycles. The third kappa shape index (κ3) is 3.52. The highest BCUT2D eigenvalue weighted by Gasteiger charge is 2.16. The average Bonchev–Trinajstić information content (AvgIpc) is 3.09. The van der Waals surface area contributed by atoms with E-state index in [1.807, 2.05) is 38.1 Å². The van der Waals surface area contributed by atoms with Gasteiger partial charge < -0.3 is 19.6 Å². The predicted molar refractivity (Wildman–Crippen MR) is 102 cm³/mol. The van der Waals surface area contributed by atoms with E-state index in [2.05, 4.69) is 5.32 Å². The van der Waals surface area contributed by atoms with E-state index in [1.165, 1.54) is 7.11 Å². The summed E-state index contributed by atoms with van der Waals surface area (Å²) in [5.74, 6) is 0.959. The third-order valence-electron chi connectivity index (χ3n) is 4.45. The number of rotatable bonds is 6. The summed E-state index contributed by atoms with van der Waals surface area (Å²) in [6, 6.07) is 12.8. The summed E-state index contributed by atoms with van der Waals surface area (Å²) in [6.45, 7) is 4.62. The van der Waals surface area contributed by atoms with E-state index in [0.29, 0.717) is 18.1 Å². The minimum Gasteiger partial charge on any atom is -0.504 e. The molecule has 0 aliphatic heterocycles. The second-order valence-electron chi connectivity index (χ2n) is 6.31. The van der Waals surface area contributed by atoms with Crippen LogP contribution in [0.1, 0.15) is 31.7 Å². The van der Waals surface area contributed by atoms with Gasteiger partial charge in [-0.15, -0.1) is 0 Å². The Morgan fingerprint density at radius 2 is 2.04 bits per heavy atom. The Hall–Kier alpha value is -2.95. The normalized spacial score (nSPS) is 12.1. The number of amides is 1. The summed E-state index contributed by atoms with van der Waals surface area (Å²) in [7, 11) is 1.51. The number of aromatic hydroxyl groups is 1. The number of hydrogen-bond donors (Lipinski definition) is 2. The van der Waals surface area contributed by atoms with Crippen LogP contribution >= 0.6 is 0 Å². The molecule has 0 saturated carbocycles. The fraction of sp³-hybridized carbons (Fsp3) is 0.286. The Morgan fingerprint density at radius 3 is 2.77 bits per heavy atom. The molecule has 0 bridgehead atoms. The van der Waals surface area contributed by atoms with Crippen LogP contribution in [-0.2, 0) is 4.79 Å². The highest BCUT2D eigenvalue weighted by molar-refractivity contribution is 5.87. The number of methoxy groups -OCH3 is 1. The summed E-state index contributed by atoms with van der Waals surface area (Å²) < 4.78 is 11.1. The Bertz CT molecular complexity index is 929. The van der Waals surface area contributed by atoms with Crippen molar-refractivity contribution < 1.29 is 19.1 Å². The molecule has 3 aromatic rings. The predicted octanol–water partition coefficient (Wildman–Crippen LogP) is 4.44. The van der Waals surface area contributed by atoms with Gasteiger partial charge in [0.15, 0.2) is 11.5 Å². The summed E-state index contributed by atoms with van der Waals surface area (Å²) in [6.07, 6.45) is 0.915. The van der Waals surface area contributed by atoms with Crippen molar-refractivity contribution in [2.75, 3.05) is 13.7 Å². The molecule has 1 atom stereocenters. The van der Waals surface area contributed by atoms with Gasteiger partial charge in [-0.3, -0.25) is 4.79 Å². The fourth-order valence-electron chi connectivity index (χ4n) is 2.86. The highest BCUT2D eigenvalue weighted by Crippen LogP contribution is 2.35. The molecule has 0 saturated heterocycles. The van der Waals surface area contributed by atoms with Gasteiger partial charge in [0, 0.05) is 17.5 Å². The maximum atomic E-state index is 12.2. The number of carbonyl (C=O) groups excluding carboxylic acids is 1. The van der Waals surface area contributed by atoms with Gasteiger partial charge in [0.2, 0.25) is 5.91 Å². The van der Waals surface area contributed by atoms with Gasteiger partial charge in [-0.25, -0.2) is 0 Å². The summed E-state index contributed by atoms with van der Waals surface area (Å²) in [5, 5.41) is 13.6. The number of benzene rings is 2. The lowest BCUT2D eigenvalue weighted by Crippen LogP contribution is -2.28. The molecule has 2 aromatic carbocycles. The number of furan rings is 1. The Labute approximate surface area is 152 Å². The molecule has 5 heteroatoms. The topological polar surface area (TPSA) is 71.7 Å². The lowest BCUT2D eigenvalue weighted by atomic mass is 9.99. The SMILES string of the molecule is CCCNC(=O)C(C)c1ccc2oc(-c3ccc(O)c(OC)c3)cc2c1. The fourth-order valence-corrected chi connectivity index (χ4v) is 2.86.